The molecule has 1 atom stereocenters. The summed E-state index contributed by atoms with van der Waals surface area (Å²) < 4.78 is 4.01. The number of aromatic nitrogens is 4. The second kappa shape index (κ2) is 5.63. The van der Waals surface area contributed by atoms with Crippen molar-refractivity contribution in [1.29, 1.82) is 0 Å². The molecule has 0 aliphatic carbocycles. The molecule has 6 heteroatoms. The van der Waals surface area contributed by atoms with E-state index in [1.807, 2.05) is 23.2 Å². The Bertz CT molecular complexity index is 881. The standard InChI is InChI=1S/C18H19N5O/c1-13-4-5-17-14(2)22(11-10-21(13)17)18(24)16-12-15(6-8-19-16)23-9-3-7-20-23/h3-9,12,14H,10-11H2,1-2H3/t14-/m0/s1. The van der Waals surface area contributed by atoms with Gasteiger partial charge in [-0.05, 0) is 44.2 Å². The molecule has 3 aromatic rings. The number of nitrogens with zero attached hydrogens (tertiary/aromatic N) is 5. The van der Waals surface area contributed by atoms with E-state index in [2.05, 4.69) is 40.6 Å². The van der Waals surface area contributed by atoms with Gasteiger partial charge in [0.15, 0.2) is 0 Å². The molecular formula is C18H19N5O. The SMILES string of the molecule is Cc1ccc2n1CCN(C(=O)c1cc(-n3cccn3)ccn1)[C@H]2C. The highest BCUT2D eigenvalue weighted by molar-refractivity contribution is 5.93. The zero-order valence-electron chi connectivity index (χ0n) is 13.8. The van der Waals surface area contributed by atoms with E-state index in [0.29, 0.717) is 12.2 Å². The maximum Gasteiger partial charge on any atom is 0.273 e. The van der Waals surface area contributed by atoms with E-state index < -0.39 is 0 Å². The summed E-state index contributed by atoms with van der Waals surface area (Å²) in [6.07, 6.45) is 5.22. The molecule has 0 aromatic carbocycles. The van der Waals surface area contributed by atoms with Crippen LogP contribution in [0.15, 0.2) is 48.9 Å². The Morgan fingerprint density at radius 1 is 1.21 bits per heavy atom. The average molecular weight is 321 g/mol. The van der Waals surface area contributed by atoms with Crippen molar-refractivity contribution in [2.45, 2.75) is 26.4 Å². The third kappa shape index (κ3) is 2.31. The molecule has 0 bridgehead atoms. The lowest BCUT2D eigenvalue weighted by molar-refractivity contribution is 0.0636. The number of hydrogen-bond acceptors (Lipinski definition) is 3. The first-order chi connectivity index (χ1) is 11.6. The van der Waals surface area contributed by atoms with Crippen LogP contribution in [0.4, 0.5) is 0 Å². The molecule has 0 unspecified atom stereocenters. The summed E-state index contributed by atoms with van der Waals surface area (Å²) in [6.45, 7) is 5.68. The predicted molar refractivity (Wildman–Crippen MR) is 90.0 cm³/mol. The molecule has 1 aliphatic heterocycles. The first-order valence-corrected chi connectivity index (χ1v) is 8.08. The molecule has 122 valence electrons. The predicted octanol–water partition coefficient (Wildman–Crippen LogP) is 2.59. The van der Waals surface area contributed by atoms with Crippen LogP contribution in [0.25, 0.3) is 5.69 Å². The number of hydrogen-bond donors (Lipinski definition) is 0. The molecule has 0 spiro atoms. The van der Waals surface area contributed by atoms with E-state index in [0.717, 1.165) is 12.2 Å². The Balaban J connectivity index is 1.64. The lowest BCUT2D eigenvalue weighted by Crippen LogP contribution is -2.41. The number of rotatable bonds is 2. The van der Waals surface area contributed by atoms with Crippen molar-refractivity contribution in [2.24, 2.45) is 0 Å². The van der Waals surface area contributed by atoms with Crippen molar-refractivity contribution in [2.75, 3.05) is 6.54 Å². The van der Waals surface area contributed by atoms with E-state index in [1.165, 1.54) is 11.4 Å². The van der Waals surface area contributed by atoms with Crippen LogP contribution in [-0.2, 0) is 6.54 Å². The van der Waals surface area contributed by atoms with Crippen molar-refractivity contribution >= 4 is 5.91 Å². The maximum atomic E-state index is 13.0. The molecule has 24 heavy (non-hydrogen) atoms. The van der Waals surface area contributed by atoms with Gasteiger partial charge in [-0.3, -0.25) is 9.78 Å². The van der Waals surface area contributed by atoms with Gasteiger partial charge in [-0.2, -0.15) is 5.10 Å². The van der Waals surface area contributed by atoms with E-state index in [1.54, 1.807) is 23.1 Å². The normalized spacial score (nSPS) is 16.9. The second-order valence-electron chi connectivity index (χ2n) is 6.08. The van der Waals surface area contributed by atoms with Gasteiger partial charge in [-0.1, -0.05) is 0 Å². The van der Waals surface area contributed by atoms with Gasteiger partial charge in [-0.15, -0.1) is 0 Å². The van der Waals surface area contributed by atoms with Gasteiger partial charge < -0.3 is 9.47 Å². The zero-order valence-corrected chi connectivity index (χ0v) is 13.8. The monoisotopic (exact) mass is 321 g/mol. The maximum absolute atomic E-state index is 13.0. The van der Waals surface area contributed by atoms with Crippen molar-refractivity contribution in [3.63, 3.8) is 0 Å². The Hall–Kier alpha value is -2.89. The summed E-state index contributed by atoms with van der Waals surface area (Å²) in [6, 6.07) is 9.74. The zero-order chi connectivity index (χ0) is 16.7. The number of pyridine rings is 1. The number of carbonyl (C=O) groups is 1. The first kappa shape index (κ1) is 14.7. The van der Waals surface area contributed by atoms with Crippen LogP contribution in [-0.4, -0.2) is 36.7 Å². The summed E-state index contributed by atoms with van der Waals surface area (Å²) in [7, 11) is 0. The van der Waals surface area contributed by atoms with Gasteiger partial charge in [0, 0.05) is 43.1 Å². The fourth-order valence-corrected chi connectivity index (χ4v) is 3.35. The van der Waals surface area contributed by atoms with Gasteiger partial charge in [0.05, 0.1) is 11.7 Å². The minimum atomic E-state index is -0.0402. The number of aryl methyl sites for hydroxylation is 1. The molecule has 3 aromatic heterocycles. The Kier molecular flexibility index (Phi) is 3.45. The van der Waals surface area contributed by atoms with E-state index in [4.69, 9.17) is 0 Å². The van der Waals surface area contributed by atoms with Gasteiger partial charge >= 0.3 is 0 Å². The minimum Gasteiger partial charge on any atom is -0.345 e. The van der Waals surface area contributed by atoms with Gasteiger partial charge in [0.2, 0.25) is 0 Å². The van der Waals surface area contributed by atoms with Crippen LogP contribution in [0.3, 0.4) is 0 Å². The summed E-state index contributed by atoms with van der Waals surface area (Å²) in [5, 5.41) is 4.21. The highest BCUT2D eigenvalue weighted by atomic mass is 16.2. The molecular weight excluding hydrogens is 302 g/mol. The number of carbonyl (C=O) groups excluding carboxylic acids is 1. The lowest BCUT2D eigenvalue weighted by Gasteiger charge is -2.35. The summed E-state index contributed by atoms with van der Waals surface area (Å²) >= 11 is 0. The van der Waals surface area contributed by atoms with Crippen LogP contribution < -0.4 is 0 Å². The van der Waals surface area contributed by atoms with Crippen molar-refractivity contribution in [3.05, 3.63) is 66.0 Å². The minimum absolute atomic E-state index is 0.0371. The number of fused-ring (bicyclic) bond motifs is 1. The first-order valence-electron chi connectivity index (χ1n) is 8.08. The van der Waals surface area contributed by atoms with Crippen molar-refractivity contribution in [1.82, 2.24) is 24.2 Å². The Labute approximate surface area is 140 Å². The van der Waals surface area contributed by atoms with Crippen molar-refractivity contribution in [3.8, 4) is 5.69 Å². The summed E-state index contributed by atoms with van der Waals surface area (Å²) in [5.41, 5.74) is 3.70. The third-order valence-electron chi connectivity index (χ3n) is 4.69. The summed E-state index contributed by atoms with van der Waals surface area (Å²) in [5.74, 6) is -0.0402. The topological polar surface area (TPSA) is 56.0 Å². The Morgan fingerprint density at radius 2 is 2.08 bits per heavy atom. The van der Waals surface area contributed by atoms with Gasteiger partial charge in [0.25, 0.3) is 5.91 Å². The molecule has 6 nitrogen and oxygen atoms in total. The molecule has 4 heterocycles. The fourth-order valence-electron chi connectivity index (χ4n) is 3.35. The fraction of sp³-hybridized carbons (Fsp3) is 0.278. The molecule has 1 amide bonds. The van der Waals surface area contributed by atoms with Crippen molar-refractivity contribution < 1.29 is 4.79 Å². The van der Waals surface area contributed by atoms with Crippen LogP contribution in [0, 0.1) is 6.92 Å². The quantitative estimate of drug-likeness (QED) is 0.729. The molecule has 1 aliphatic rings. The van der Waals surface area contributed by atoms with Crippen LogP contribution in [0.1, 0.15) is 34.8 Å². The van der Waals surface area contributed by atoms with E-state index >= 15 is 0 Å². The highest BCUT2D eigenvalue weighted by Crippen LogP contribution is 2.28. The van der Waals surface area contributed by atoms with E-state index in [-0.39, 0.29) is 11.9 Å². The smallest absolute Gasteiger partial charge is 0.273 e. The molecule has 0 fully saturated rings. The van der Waals surface area contributed by atoms with Crippen LogP contribution >= 0.6 is 0 Å². The van der Waals surface area contributed by atoms with E-state index in [9.17, 15) is 4.79 Å². The largest absolute Gasteiger partial charge is 0.345 e. The van der Waals surface area contributed by atoms with Gasteiger partial charge in [-0.25, -0.2) is 4.68 Å². The Morgan fingerprint density at radius 3 is 2.88 bits per heavy atom. The molecule has 4 rings (SSSR count). The summed E-state index contributed by atoms with van der Waals surface area (Å²) in [4.78, 5) is 19.1. The third-order valence-corrected chi connectivity index (χ3v) is 4.69. The molecule has 0 saturated carbocycles. The lowest BCUT2D eigenvalue weighted by atomic mass is 10.1. The molecule has 0 radical (unpaired) electrons. The molecule has 0 saturated heterocycles. The number of amides is 1. The average Bonchev–Trinajstić information content (AvgIpc) is 3.26. The molecule has 0 N–H and O–H groups in total. The van der Waals surface area contributed by atoms with Crippen LogP contribution in [0.2, 0.25) is 0 Å². The highest BCUT2D eigenvalue weighted by Gasteiger charge is 2.29. The van der Waals surface area contributed by atoms with Crippen LogP contribution in [0.5, 0.6) is 0 Å². The second-order valence-corrected chi connectivity index (χ2v) is 6.08. The van der Waals surface area contributed by atoms with Gasteiger partial charge in [0.1, 0.15) is 5.69 Å².